The van der Waals surface area contributed by atoms with E-state index >= 15 is 0 Å². The Morgan fingerprint density at radius 3 is 2.68 bits per heavy atom. The van der Waals surface area contributed by atoms with Crippen LogP contribution in [0, 0.1) is 12.8 Å². The number of hydrogen-bond acceptors (Lipinski definition) is 4. The summed E-state index contributed by atoms with van der Waals surface area (Å²) in [4.78, 5) is 35.1. The molecule has 0 aromatic carbocycles. The molecule has 1 aromatic rings. The smallest absolute Gasteiger partial charge is 0.331 e. The number of carbonyl (C=O) groups is 1. The zero-order valence-corrected chi connectivity index (χ0v) is 13.2. The predicted octanol–water partition coefficient (Wildman–Crippen LogP) is 0.259. The lowest BCUT2D eigenvalue weighted by molar-refractivity contribution is -0.138. The molecule has 0 aliphatic heterocycles. The largest absolute Gasteiger partial charge is 0.481 e. The number of hydrogen-bond donors (Lipinski definition) is 2. The van der Waals surface area contributed by atoms with Gasteiger partial charge in [-0.25, -0.2) is 4.79 Å². The molecule has 1 aliphatic rings. The molecule has 0 radical (unpaired) electrons. The van der Waals surface area contributed by atoms with E-state index in [1.807, 2.05) is 7.05 Å². The van der Waals surface area contributed by atoms with Crippen molar-refractivity contribution in [3.63, 3.8) is 0 Å². The highest BCUT2D eigenvalue weighted by Crippen LogP contribution is 2.33. The van der Waals surface area contributed by atoms with Crippen LogP contribution in [0.2, 0.25) is 0 Å². The number of nitrogens with zero attached hydrogens (tertiary/aromatic N) is 2. The molecular formula is C15H23N3O4. The van der Waals surface area contributed by atoms with E-state index in [0.717, 1.165) is 17.4 Å². The van der Waals surface area contributed by atoms with Crippen molar-refractivity contribution in [3.05, 3.63) is 32.6 Å². The predicted molar refractivity (Wildman–Crippen MR) is 82.2 cm³/mol. The molecule has 0 spiro atoms. The molecule has 3 atom stereocenters. The maximum Gasteiger partial charge on any atom is 0.331 e. The molecule has 0 saturated heterocycles. The molecule has 2 N–H and O–H groups in total. The Morgan fingerprint density at radius 2 is 2.09 bits per heavy atom. The summed E-state index contributed by atoms with van der Waals surface area (Å²) in [6, 6.07) is -0.0410. The molecule has 7 nitrogen and oxygen atoms in total. The molecule has 0 amide bonds. The second-order valence-corrected chi connectivity index (χ2v) is 6.11. The van der Waals surface area contributed by atoms with E-state index in [2.05, 4.69) is 5.32 Å². The van der Waals surface area contributed by atoms with Gasteiger partial charge in [-0.1, -0.05) is 0 Å². The molecule has 1 aliphatic carbocycles. The van der Waals surface area contributed by atoms with Crippen molar-refractivity contribution in [1.29, 1.82) is 0 Å². The molecule has 2 rings (SSSR count). The van der Waals surface area contributed by atoms with E-state index in [1.54, 1.807) is 17.7 Å². The second kappa shape index (κ2) is 6.48. The normalized spacial score (nSPS) is 25.1. The van der Waals surface area contributed by atoms with Gasteiger partial charge in [-0.05, 0) is 39.2 Å². The standard InChI is InChI=1S/C15H23N3O4/c1-9-8-18(15(22)17(3)14(9)21)12-5-4-10(7-13(19)20)6-11(12)16-2/h8,10-12,16H,4-7H2,1-3H3,(H,19,20)/t10-,11+,12+/m1/s1. The third kappa shape index (κ3) is 3.14. The van der Waals surface area contributed by atoms with Gasteiger partial charge in [0.05, 0.1) is 6.04 Å². The Morgan fingerprint density at radius 1 is 1.41 bits per heavy atom. The molecular weight excluding hydrogens is 286 g/mol. The molecule has 0 bridgehead atoms. The van der Waals surface area contributed by atoms with E-state index in [9.17, 15) is 14.4 Å². The van der Waals surface area contributed by atoms with Gasteiger partial charge >= 0.3 is 11.7 Å². The van der Waals surface area contributed by atoms with E-state index in [0.29, 0.717) is 12.0 Å². The van der Waals surface area contributed by atoms with Crippen LogP contribution >= 0.6 is 0 Å². The van der Waals surface area contributed by atoms with E-state index in [-0.39, 0.29) is 35.7 Å². The van der Waals surface area contributed by atoms with Gasteiger partial charge < -0.3 is 10.4 Å². The van der Waals surface area contributed by atoms with Gasteiger partial charge in [0.1, 0.15) is 0 Å². The van der Waals surface area contributed by atoms with Gasteiger partial charge in [-0.2, -0.15) is 0 Å². The van der Waals surface area contributed by atoms with Gasteiger partial charge in [0, 0.05) is 31.3 Å². The molecule has 0 unspecified atom stereocenters. The van der Waals surface area contributed by atoms with Crippen LogP contribution in [0.3, 0.4) is 0 Å². The molecule has 1 saturated carbocycles. The van der Waals surface area contributed by atoms with Gasteiger partial charge in [0.2, 0.25) is 0 Å². The van der Waals surface area contributed by atoms with Crippen molar-refractivity contribution >= 4 is 5.97 Å². The number of aryl methyl sites for hydroxylation is 1. The van der Waals surface area contributed by atoms with Crippen molar-refractivity contribution in [2.75, 3.05) is 7.05 Å². The lowest BCUT2D eigenvalue weighted by Crippen LogP contribution is -2.47. The van der Waals surface area contributed by atoms with Crippen LogP contribution in [-0.4, -0.2) is 33.3 Å². The van der Waals surface area contributed by atoms with Gasteiger partial charge in [-0.15, -0.1) is 0 Å². The monoisotopic (exact) mass is 309 g/mol. The van der Waals surface area contributed by atoms with E-state index in [1.165, 1.54) is 7.05 Å². The highest BCUT2D eigenvalue weighted by molar-refractivity contribution is 5.67. The van der Waals surface area contributed by atoms with Crippen LogP contribution in [0.15, 0.2) is 15.8 Å². The van der Waals surface area contributed by atoms with Crippen LogP contribution in [0.1, 0.15) is 37.3 Å². The fraction of sp³-hybridized carbons (Fsp3) is 0.667. The Labute approximate surface area is 128 Å². The lowest BCUT2D eigenvalue weighted by atomic mass is 9.80. The Bertz CT molecular complexity index is 676. The molecule has 122 valence electrons. The third-order valence-corrected chi connectivity index (χ3v) is 4.60. The topological polar surface area (TPSA) is 93.3 Å². The molecule has 7 heteroatoms. The summed E-state index contributed by atoms with van der Waals surface area (Å²) in [7, 11) is 3.30. The van der Waals surface area contributed by atoms with E-state index < -0.39 is 5.97 Å². The Balaban J connectivity index is 2.32. The summed E-state index contributed by atoms with van der Waals surface area (Å²) in [5, 5.41) is 12.1. The van der Waals surface area contributed by atoms with Crippen LogP contribution in [0.4, 0.5) is 0 Å². The summed E-state index contributed by atoms with van der Waals surface area (Å²) in [6.45, 7) is 1.70. The zero-order valence-electron chi connectivity index (χ0n) is 13.2. The minimum Gasteiger partial charge on any atom is -0.481 e. The maximum absolute atomic E-state index is 12.4. The molecule has 22 heavy (non-hydrogen) atoms. The Hall–Kier alpha value is -1.89. The maximum atomic E-state index is 12.4. The summed E-state index contributed by atoms with van der Waals surface area (Å²) in [5.41, 5.74) is -0.0658. The number of carboxylic acid groups (broad SMARTS) is 1. The number of aromatic nitrogens is 2. The quantitative estimate of drug-likeness (QED) is 0.832. The number of carboxylic acids is 1. The summed E-state index contributed by atoms with van der Waals surface area (Å²) in [6.07, 6.45) is 3.98. The summed E-state index contributed by atoms with van der Waals surface area (Å²) in [5.74, 6) is -0.663. The van der Waals surface area contributed by atoms with Crippen molar-refractivity contribution in [2.24, 2.45) is 13.0 Å². The fourth-order valence-corrected chi connectivity index (χ4v) is 3.40. The first-order chi connectivity index (χ1) is 10.3. The third-order valence-electron chi connectivity index (χ3n) is 4.60. The summed E-state index contributed by atoms with van der Waals surface area (Å²) >= 11 is 0. The van der Waals surface area contributed by atoms with Gasteiger partial charge in [0.25, 0.3) is 5.56 Å². The number of likely N-dealkylation sites (N-methyl/N-ethyl adjacent to an activating group) is 1. The number of rotatable bonds is 4. The number of nitrogens with one attached hydrogen (secondary N) is 1. The van der Waals surface area contributed by atoms with Crippen LogP contribution in [-0.2, 0) is 11.8 Å². The average Bonchev–Trinajstić information content (AvgIpc) is 2.48. The SMILES string of the molecule is CN[C@H]1C[C@H](CC(=O)O)CC[C@@H]1n1cc(C)c(=O)n(C)c1=O. The van der Waals surface area contributed by atoms with Gasteiger partial charge in [0.15, 0.2) is 0 Å². The van der Waals surface area contributed by atoms with Crippen molar-refractivity contribution < 1.29 is 9.90 Å². The number of aliphatic carboxylic acids is 1. The minimum absolute atomic E-state index is 0.0210. The van der Waals surface area contributed by atoms with Crippen LogP contribution in [0.25, 0.3) is 0 Å². The highest BCUT2D eigenvalue weighted by atomic mass is 16.4. The van der Waals surface area contributed by atoms with Crippen molar-refractivity contribution in [1.82, 2.24) is 14.5 Å². The van der Waals surface area contributed by atoms with Crippen LogP contribution < -0.4 is 16.6 Å². The molecule has 1 heterocycles. The first-order valence-electron chi connectivity index (χ1n) is 7.53. The highest BCUT2D eigenvalue weighted by Gasteiger charge is 2.32. The first-order valence-corrected chi connectivity index (χ1v) is 7.53. The van der Waals surface area contributed by atoms with E-state index in [4.69, 9.17) is 5.11 Å². The lowest BCUT2D eigenvalue weighted by Gasteiger charge is -2.36. The second-order valence-electron chi connectivity index (χ2n) is 6.11. The average molecular weight is 309 g/mol. The zero-order chi connectivity index (χ0) is 16.4. The van der Waals surface area contributed by atoms with Gasteiger partial charge in [-0.3, -0.25) is 18.7 Å². The Kier molecular flexibility index (Phi) is 4.85. The minimum atomic E-state index is -0.784. The molecule has 1 fully saturated rings. The van der Waals surface area contributed by atoms with Crippen molar-refractivity contribution in [2.45, 2.75) is 44.7 Å². The van der Waals surface area contributed by atoms with Crippen molar-refractivity contribution in [3.8, 4) is 0 Å². The summed E-state index contributed by atoms with van der Waals surface area (Å²) < 4.78 is 2.75. The molecule has 1 aromatic heterocycles. The fourth-order valence-electron chi connectivity index (χ4n) is 3.40. The first kappa shape index (κ1) is 16.5. The van der Waals surface area contributed by atoms with Crippen LogP contribution in [0.5, 0.6) is 0 Å².